The van der Waals surface area contributed by atoms with E-state index in [0.717, 1.165) is 12.1 Å². The van der Waals surface area contributed by atoms with E-state index in [1.54, 1.807) is 21.9 Å². The Hall–Kier alpha value is -2.54. The highest BCUT2D eigenvalue weighted by atomic mass is 35.5. The van der Waals surface area contributed by atoms with Crippen molar-refractivity contribution in [1.82, 2.24) is 20.4 Å². The Bertz CT molecular complexity index is 1280. The Morgan fingerprint density at radius 2 is 1.00 bits per heavy atom. The average Bonchev–Trinajstić information content (AvgIpc) is 3.39. The molecule has 2 saturated heterocycles. The molecule has 0 aliphatic carbocycles. The fraction of sp³-hybridized carbons (Fsp3) is 0.533. The molecule has 0 saturated carbocycles. The van der Waals surface area contributed by atoms with Gasteiger partial charge in [0.2, 0.25) is 0 Å². The largest absolute Gasteiger partial charge is 0.417 e. The summed E-state index contributed by atoms with van der Waals surface area (Å²) < 4.78 is 79.0. The van der Waals surface area contributed by atoms with Crippen LogP contribution in [0.1, 0.15) is 82.7 Å². The first kappa shape index (κ1) is 35.9. The summed E-state index contributed by atoms with van der Waals surface area (Å²) in [7, 11) is 0. The molecule has 2 fully saturated rings. The van der Waals surface area contributed by atoms with Crippen LogP contribution < -0.4 is 10.6 Å². The summed E-state index contributed by atoms with van der Waals surface area (Å²) in [5.74, 6) is -0.526. The third-order valence-electron chi connectivity index (χ3n) is 8.64. The molecule has 0 unspecified atom stereocenters. The highest BCUT2D eigenvalue weighted by Crippen LogP contribution is 2.46. The molecule has 244 valence electrons. The van der Waals surface area contributed by atoms with Crippen LogP contribution in [0.3, 0.4) is 0 Å². The molecular weight excluding hydrogens is 633 g/mol. The standard InChI is InChI=1S/2C15H17F3N2O.2ClH/c2*1-8(2)12-13-9-4-3-5-10(15(16,17)18)11(9)14(21)20(13)7-6-19-12;;/h2*3-5,8,12-13,19H,6-7H2,1-2H3;2*1H/t2*12-,13+;;/m10../s1. The lowest BCUT2D eigenvalue weighted by atomic mass is 9.88. The molecular formula is C30H36Cl2F6N4O2. The Labute approximate surface area is 264 Å². The van der Waals surface area contributed by atoms with Gasteiger partial charge in [0.05, 0.1) is 34.3 Å². The lowest BCUT2D eigenvalue weighted by molar-refractivity contribution is -0.138. The average molecular weight is 670 g/mol. The first-order valence-electron chi connectivity index (χ1n) is 14.1. The molecule has 2 aromatic rings. The maximum Gasteiger partial charge on any atom is 0.417 e. The van der Waals surface area contributed by atoms with Crippen molar-refractivity contribution >= 4 is 36.6 Å². The molecule has 2 aromatic carbocycles. The topological polar surface area (TPSA) is 64.7 Å². The zero-order valence-corrected chi connectivity index (χ0v) is 26.2. The van der Waals surface area contributed by atoms with Gasteiger partial charge < -0.3 is 20.4 Å². The monoisotopic (exact) mass is 668 g/mol. The smallest absolute Gasteiger partial charge is 0.329 e. The Kier molecular flexibility index (Phi) is 10.7. The number of benzene rings is 2. The summed E-state index contributed by atoms with van der Waals surface area (Å²) in [5.41, 5.74) is -0.959. The molecule has 44 heavy (non-hydrogen) atoms. The lowest BCUT2D eigenvalue weighted by Gasteiger charge is -2.40. The zero-order chi connectivity index (χ0) is 30.7. The summed E-state index contributed by atoms with van der Waals surface area (Å²) in [6, 6.07) is 7.42. The number of carbonyl (C=O) groups excluding carboxylic acids is 2. The van der Waals surface area contributed by atoms with Gasteiger partial charge in [0.15, 0.2) is 0 Å². The van der Waals surface area contributed by atoms with Crippen LogP contribution in [0.15, 0.2) is 36.4 Å². The fourth-order valence-corrected chi connectivity index (χ4v) is 6.84. The second kappa shape index (κ2) is 13.1. The molecule has 0 spiro atoms. The van der Waals surface area contributed by atoms with Crippen molar-refractivity contribution in [2.24, 2.45) is 11.8 Å². The second-order valence-electron chi connectivity index (χ2n) is 11.9. The first-order valence-corrected chi connectivity index (χ1v) is 14.1. The quantitative estimate of drug-likeness (QED) is 0.359. The minimum Gasteiger partial charge on any atom is -0.329 e. The SMILES string of the molecule is CC(C)[C@@H]1NCCN2C(=O)c3c(cccc3C(F)(F)F)[C@H]12.CC(C)[C@H]1NCCN2C(=O)c3c(cccc3C(F)(F)F)[C@@H]12.Cl.Cl. The Morgan fingerprint density at radius 3 is 1.30 bits per heavy atom. The van der Waals surface area contributed by atoms with Gasteiger partial charge in [-0.05, 0) is 35.1 Å². The van der Waals surface area contributed by atoms with Crippen LogP contribution in [0.2, 0.25) is 0 Å². The van der Waals surface area contributed by atoms with Gasteiger partial charge in [0, 0.05) is 38.3 Å². The van der Waals surface area contributed by atoms with E-state index in [0.29, 0.717) is 37.3 Å². The van der Waals surface area contributed by atoms with Gasteiger partial charge in [-0.3, -0.25) is 9.59 Å². The highest BCUT2D eigenvalue weighted by molar-refractivity contribution is 6.01. The van der Waals surface area contributed by atoms with Crippen molar-refractivity contribution in [2.75, 3.05) is 26.2 Å². The van der Waals surface area contributed by atoms with E-state index < -0.39 is 35.3 Å². The van der Waals surface area contributed by atoms with Gasteiger partial charge >= 0.3 is 12.4 Å². The van der Waals surface area contributed by atoms with E-state index in [2.05, 4.69) is 10.6 Å². The number of piperazine rings is 2. The summed E-state index contributed by atoms with van der Waals surface area (Å²) in [6.45, 7) is 10.2. The predicted octanol–water partition coefficient (Wildman–Crippen LogP) is 6.50. The van der Waals surface area contributed by atoms with Gasteiger partial charge in [0.1, 0.15) is 0 Å². The Morgan fingerprint density at radius 1 is 0.659 bits per heavy atom. The summed E-state index contributed by atoms with van der Waals surface area (Å²) >= 11 is 0. The first-order chi connectivity index (χ1) is 19.6. The van der Waals surface area contributed by atoms with Gasteiger partial charge in [0.25, 0.3) is 11.8 Å². The molecule has 6 nitrogen and oxygen atoms in total. The molecule has 14 heteroatoms. The van der Waals surface area contributed by atoms with Gasteiger partial charge in [-0.25, -0.2) is 0 Å². The van der Waals surface area contributed by atoms with Gasteiger partial charge in [-0.1, -0.05) is 52.0 Å². The second-order valence-corrected chi connectivity index (χ2v) is 11.9. The highest BCUT2D eigenvalue weighted by Gasteiger charge is 2.50. The summed E-state index contributed by atoms with van der Waals surface area (Å²) in [5, 5.41) is 6.67. The number of hydrogen-bond acceptors (Lipinski definition) is 4. The van der Waals surface area contributed by atoms with Crippen molar-refractivity contribution in [1.29, 1.82) is 0 Å². The number of fused-ring (bicyclic) bond motifs is 6. The summed E-state index contributed by atoms with van der Waals surface area (Å²) in [4.78, 5) is 28.1. The predicted molar refractivity (Wildman–Crippen MR) is 158 cm³/mol. The number of nitrogens with zero attached hydrogens (tertiary/aromatic N) is 2. The number of carbonyl (C=O) groups is 2. The normalized spacial score (nSPS) is 24.1. The van der Waals surface area contributed by atoms with E-state index in [4.69, 9.17) is 0 Å². The lowest BCUT2D eigenvalue weighted by Crippen LogP contribution is -2.53. The van der Waals surface area contributed by atoms with Crippen LogP contribution in [0.5, 0.6) is 0 Å². The molecule has 4 aliphatic rings. The van der Waals surface area contributed by atoms with Crippen LogP contribution >= 0.6 is 24.8 Å². The molecule has 4 atom stereocenters. The van der Waals surface area contributed by atoms with Crippen molar-refractivity contribution < 1.29 is 35.9 Å². The van der Waals surface area contributed by atoms with E-state index in [1.807, 2.05) is 27.7 Å². The van der Waals surface area contributed by atoms with Crippen molar-refractivity contribution in [3.05, 3.63) is 69.8 Å². The number of rotatable bonds is 2. The zero-order valence-electron chi connectivity index (χ0n) is 24.6. The minimum atomic E-state index is -4.50. The Balaban J connectivity index is 0.000000230. The number of hydrogen-bond donors (Lipinski definition) is 2. The molecule has 0 radical (unpaired) electrons. The minimum absolute atomic E-state index is 0. The molecule has 2 N–H and O–H groups in total. The summed E-state index contributed by atoms with van der Waals surface area (Å²) in [6.07, 6.45) is -9.01. The van der Waals surface area contributed by atoms with Crippen LogP contribution in [-0.2, 0) is 12.4 Å². The maximum absolute atomic E-state index is 13.2. The maximum atomic E-state index is 13.2. The molecule has 4 heterocycles. The fourth-order valence-electron chi connectivity index (χ4n) is 6.84. The van der Waals surface area contributed by atoms with E-state index >= 15 is 0 Å². The molecule has 0 bridgehead atoms. The van der Waals surface area contributed by atoms with E-state index in [9.17, 15) is 35.9 Å². The van der Waals surface area contributed by atoms with Crippen LogP contribution in [-0.4, -0.2) is 59.9 Å². The molecule has 2 amide bonds. The van der Waals surface area contributed by atoms with E-state index in [1.165, 1.54) is 12.1 Å². The third kappa shape index (κ3) is 6.15. The van der Waals surface area contributed by atoms with Crippen molar-refractivity contribution in [3.8, 4) is 0 Å². The number of halogens is 8. The van der Waals surface area contributed by atoms with Gasteiger partial charge in [-0.15, -0.1) is 24.8 Å². The van der Waals surface area contributed by atoms with Crippen molar-refractivity contribution in [3.63, 3.8) is 0 Å². The number of nitrogens with one attached hydrogen (secondary N) is 2. The number of alkyl halides is 6. The van der Waals surface area contributed by atoms with Crippen LogP contribution in [0.4, 0.5) is 26.3 Å². The van der Waals surface area contributed by atoms with Crippen molar-refractivity contribution in [2.45, 2.75) is 64.2 Å². The van der Waals surface area contributed by atoms with Gasteiger partial charge in [-0.2, -0.15) is 26.3 Å². The molecule has 4 aliphatic heterocycles. The molecule has 6 rings (SSSR count). The van der Waals surface area contributed by atoms with Crippen LogP contribution in [0, 0.1) is 11.8 Å². The van der Waals surface area contributed by atoms with Crippen LogP contribution in [0.25, 0.3) is 0 Å². The van der Waals surface area contributed by atoms with E-state index in [-0.39, 0.29) is 71.9 Å². The molecule has 0 aromatic heterocycles. The number of amides is 2. The third-order valence-corrected chi connectivity index (χ3v) is 8.64.